The normalized spacial score (nSPS) is 12.4. The van der Waals surface area contributed by atoms with Gasteiger partial charge in [0.25, 0.3) is 0 Å². The Labute approximate surface area is 109 Å². The molecule has 0 radical (unpaired) electrons. The molecule has 0 spiro atoms. The molecule has 1 aromatic heterocycles. The van der Waals surface area contributed by atoms with Crippen molar-refractivity contribution < 1.29 is 0 Å². The van der Waals surface area contributed by atoms with E-state index in [9.17, 15) is 0 Å². The van der Waals surface area contributed by atoms with Gasteiger partial charge in [0.1, 0.15) is 0 Å². The van der Waals surface area contributed by atoms with E-state index in [1.54, 1.807) is 18.6 Å². The van der Waals surface area contributed by atoms with Crippen molar-refractivity contribution in [2.24, 2.45) is 0 Å². The number of benzene rings is 1. The number of rotatable bonds is 3. The molecule has 0 saturated carbocycles. The van der Waals surface area contributed by atoms with Crippen LogP contribution in [0.1, 0.15) is 22.9 Å². The highest BCUT2D eigenvalue weighted by Gasteiger charge is 2.16. The first-order valence-corrected chi connectivity index (χ1v) is 6.21. The fraction of sp³-hybridized carbons (Fsp3) is 0.231. The number of halogens is 1. The van der Waals surface area contributed by atoms with Gasteiger partial charge in [0, 0.05) is 16.9 Å². The molecule has 0 bridgehead atoms. The van der Waals surface area contributed by atoms with Gasteiger partial charge in [-0.2, -0.15) is 0 Å². The molecule has 1 atom stereocenters. The lowest BCUT2D eigenvalue weighted by Gasteiger charge is -2.17. The molecule has 4 heteroatoms. The summed E-state index contributed by atoms with van der Waals surface area (Å²) in [5.74, 6) is 0. The summed E-state index contributed by atoms with van der Waals surface area (Å²) in [6.45, 7) is 2.08. The van der Waals surface area contributed by atoms with Gasteiger partial charge in [-0.1, -0.05) is 33.6 Å². The molecule has 0 saturated heterocycles. The van der Waals surface area contributed by atoms with Crippen LogP contribution < -0.4 is 5.32 Å². The van der Waals surface area contributed by atoms with Gasteiger partial charge >= 0.3 is 0 Å². The maximum Gasteiger partial charge on any atom is 0.0801 e. The van der Waals surface area contributed by atoms with Gasteiger partial charge in [-0.05, 0) is 25.6 Å². The van der Waals surface area contributed by atoms with Gasteiger partial charge in [-0.25, -0.2) is 0 Å². The van der Waals surface area contributed by atoms with E-state index in [2.05, 4.69) is 56.3 Å². The van der Waals surface area contributed by atoms with Gasteiger partial charge < -0.3 is 5.32 Å². The summed E-state index contributed by atoms with van der Waals surface area (Å²) in [5, 5.41) is 3.27. The van der Waals surface area contributed by atoms with Crippen LogP contribution in [-0.4, -0.2) is 17.0 Å². The van der Waals surface area contributed by atoms with Gasteiger partial charge in [-0.15, -0.1) is 0 Å². The number of nitrogens with zero attached hydrogens (tertiary/aromatic N) is 2. The topological polar surface area (TPSA) is 37.8 Å². The van der Waals surface area contributed by atoms with Crippen molar-refractivity contribution in [3.8, 4) is 0 Å². The maximum absolute atomic E-state index is 4.35. The number of hydrogen-bond donors (Lipinski definition) is 1. The largest absolute Gasteiger partial charge is 0.308 e. The third-order valence-corrected chi connectivity index (χ3v) is 3.35. The van der Waals surface area contributed by atoms with E-state index in [1.165, 1.54) is 11.1 Å². The predicted molar refractivity (Wildman–Crippen MR) is 71.8 cm³/mol. The van der Waals surface area contributed by atoms with Crippen molar-refractivity contribution in [2.45, 2.75) is 13.0 Å². The zero-order valence-corrected chi connectivity index (χ0v) is 11.4. The Morgan fingerprint density at radius 2 is 2.12 bits per heavy atom. The highest BCUT2D eigenvalue weighted by molar-refractivity contribution is 9.10. The van der Waals surface area contributed by atoms with E-state index >= 15 is 0 Å². The Kier molecular flexibility index (Phi) is 3.86. The Hall–Kier alpha value is -1.26. The van der Waals surface area contributed by atoms with Crippen LogP contribution in [-0.2, 0) is 0 Å². The molecular weight excluding hydrogens is 278 g/mol. The first kappa shape index (κ1) is 12.2. The Morgan fingerprint density at radius 3 is 2.76 bits per heavy atom. The Balaban J connectivity index is 2.46. The third-order valence-electron chi connectivity index (χ3n) is 2.63. The van der Waals surface area contributed by atoms with E-state index in [0.717, 1.165) is 10.2 Å². The number of hydrogen-bond acceptors (Lipinski definition) is 3. The number of aryl methyl sites for hydroxylation is 1. The second-order valence-corrected chi connectivity index (χ2v) is 4.73. The molecule has 0 fully saturated rings. The number of aromatic nitrogens is 2. The molecule has 2 rings (SSSR count). The van der Waals surface area contributed by atoms with Crippen molar-refractivity contribution in [1.29, 1.82) is 0 Å². The van der Waals surface area contributed by atoms with Crippen LogP contribution in [0.3, 0.4) is 0 Å². The summed E-state index contributed by atoms with van der Waals surface area (Å²) < 4.78 is 1.08. The quantitative estimate of drug-likeness (QED) is 0.945. The van der Waals surface area contributed by atoms with Crippen molar-refractivity contribution in [3.05, 3.63) is 58.1 Å². The summed E-state index contributed by atoms with van der Waals surface area (Å²) in [6.07, 6.45) is 5.18. The van der Waals surface area contributed by atoms with Crippen LogP contribution in [0.2, 0.25) is 0 Å². The van der Waals surface area contributed by atoms with Crippen LogP contribution in [0, 0.1) is 6.92 Å². The molecule has 3 nitrogen and oxygen atoms in total. The van der Waals surface area contributed by atoms with Gasteiger partial charge in [0.2, 0.25) is 0 Å². The lowest BCUT2D eigenvalue weighted by Crippen LogP contribution is -2.19. The van der Waals surface area contributed by atoms with Crippen LogP contribution in [0.5, 0.6) is 0 Å². The van der Waals surface area contributed by atoms with E-state index in [-0.39, 0.29) is 6.04 Å². The zero-order valence-electron chi connectivity index (χ0n) is 9.81. The molecule has 0 aliphatic carbocycles. The first-order valence-electron chi connectivity index (χ1n) is 5.41. The minimum absolute atomic E-state index is 0.0537. The first-order chi connectivity index (χ1) is 8.22. The average molecular weight is 292 g/mol. The molecular formula is C13H14BrN3. The minimum atomic E-state index is 0.0537. The molecule has 2 aromatic rings. The van der Waals surface area contributed by atoms with Crippen LogP contribution >= 0.6 is 15.9 Å². The van der Waals surface area contributed by atoms with Crippen molar-refractivity contribution in [2.75, 3.05) is 7.05 Å². The molecule has 0 aliphatic rings. The van der Waals surface area contributed by atoms with E-state index in [0.29, 0.717) is 0 Å². The molecule has 88 valence electrons. The van der Waals surface area contributed by atoms with Gasteiger partial charge in [0.05, 0.1) is 17.9 Å². The Bertz CT molecular complexity index is 499. The summed E-state index contributed by atoms with van der Waals surface area (Å²) in [6, 6.07) is 6.35. The van der Waals surface area contributed by atoms with E-state index in [4.69, 9.17) is 0 Å². The van der Waals surface area contributed by atoms with E-state index < -0.39 is 0 Å². The van der Waals surface area contributed by atoms with Gasteiger partial charge in [-0.3, -0.25) is 9.97 Å². The average Bonchev–Trinajstić information content (AvgIpc) is 2.36. The lowest BCUT2D eigenvalue weighted by molar-refractivity contribution is 0.663. The standard InChI is InChI=1S/C13H14BrN3/c1-9-3-4-11(14)10(7-9)13(15-2)12-8-16-5-6-17-12/h3-8,13,15H,1-2H3. The lowest BCUT2D eigenvalue weighted by atomic mass is 10.0. The minimum Gasteiger partial charge on any atom is -0.308 e. The maximum atomic E-state index is 4.35. The summed E-state index contributed by atoms with van der Waals surface area (Å²) in [5.41, 5.74) is 3.32. The van der Waals surface area contributed by atoms with Crippen LogP contribution in [0.15, 0.2) is 41.3 Å². The third kappa shape index (κ3) is 2.70. The SMILES string of the molecule is CNC(c1cnccn1)c1cc(C)ccc1Br. The molecule has 1 unspecified atom stereocenters. The molecule has 1 heterocycles. The molecule has 17 heavy (non-hydrogen) atoms. The summed E-state index contributed by atoms with van der Waals surface area (Å²) in [7, 11) is 1.92. The molecule has 0 aliphatic heterocycles. The van der Waals surface area contributed by atoms with Gasteiger partial charge in [0.15, 0.2) is 0 Å². The van der Waals surface area contributed by atoms with Crippen molar-refractivity contribution >= 4 is 15.9 Å². The number of nitrogens with one attached hydrogen (secondary N) is 1. The predicted octanol–water partition coefficient (Wildman–Crippen LogP) is 2.86. The Morgan fingerprint density at radius 1 is 1.29 bits per heavy atom. The fourth-order valence-corrected chi connectivity index (χ4v) is 2.28. The van der Waals surface area contributed by atoms with Crippen molar-refractivity contribution in [3.63, 3.8) is 0 Å². The second-order valence-electron chi connectivity index (χ2n) is 3.88. The van der Waals surface area contributed by atoms with E-state index in [1.807, 2.05) is 7.05 Å². The highest BCUT2D eigenvalue weighted by Crippen LogP contribution is 2.27. The van der Waals surface area contributed by atoms with Crippen LogP contribution in [0.25, 0.3) is 0 Å². The monoisotopic (exact) mass is 291 g/mol. The summed E-state index contributed by atoms with van der Waals surface area (Å²) in [4.78, 5) is 8.46. The fourth-order valence-electron chi connectivity index (χ4n) is 1.81. The highest BCUT2D eigenvalue weighted by atomic mass is 79.9. The molecule has 0 amide bonds. The molecule has 1 N–H and O–H groups in total. The smallest absolute Gasteiger partial charge is 0.0801 e. The second kappa shape index (κ2) is 5.38. The summed E-state index contributed by atoms with van der Waals surface area (Å²) >= 11 is 3.58. The van der Waals surface area contributed by atoms with Crippen LogP contribution in [0.4, 0.5) is 0 Å². The van der Waals surface area contributed by atoms with Crippen molar-refractivity contribution in [1.82, 2.24) is 15.3 Å². The zero-order chi connectivity index (χ0) is 12.3. The molecule has 1 aromatic carbocycles.